The average molecular weight is 398 g/mol. The Morgan fingerprint density at radius 2 is 1.96 bits per heavy atom. The molecule has 1 fully saturated rings. The SMILES string of the molecule is CCOc1ccccc1N1CCN(CCCc2cc(-c3cccs3)no2)CC1. The summed E-state index contributed by atoms with van der Waals surface area (Å²) in [4.78, 5) is 6.14. The van der Waals surface area contributed by atoms with E-state index in [1.54, 1.807) is 11.3 Å². The molecule has 0 saturated carbocycles. The molecular weight excluding hydrogens is 370 g/mol. The van der Waals surface area contributed by atoms with Gasteiger partial charge in [0.05, 0.1) is 17.2 Å². The van der Waals surface area contributed by atoms with E-state index in [9.17, 15) is 0 Å². The quantitative estimate of drug-likeness (QED) is 0.557. The number of hydrogen-bond acceptors (Lipinski definition) is 6. The number of ether oxygens (including phenoxy) is 1. The lowest BCUT2D eigenvalue weighted by atomic mass is 10.2. The molecule has 0 N–H and O–H groups in total. The minimum atomic E-state index is 0.701. The van der Waals surface area contributed by atoms with Crippen LogP contribution in [0, 0.1) is 0 Å². The van der Waals surface area contributed by atoms with Crippen molar-refractivity contribution in [2.75, 3.05) is 44.2 Å². The van der Waals surface area contributed by atoms with Gasteiger partial charge in [-0.05, 0) is 43.5 Å². The van der Waals surface area contributed by atoms with Gasteiger partial charge in [-0.1, -0.05) is 23.4 Å². The molecule has 0 atom stereocenters. The maximum Gasteiger partial charge on any atom is 0.142 e. The summed E-state index contributed by atoms with van der Waals surface area (Å²) >= 11 is 1.69. The molecule has 0 amide bonds. The van der Waals surface area contributed by atoms with E-state index in [0.717, 1.165) is 62.8 Å². The van der Waals surface area contributed by atoms with Crippen molar-refractivity contribution in [3.63, 3.8) is 0 Å². The normalized spacial score (nSPS) is 15.1. The molecule has 4 rings (SSSR count). The molecule has 0 radical (unpaired) electrons. The van der Waals surface area contributed by atoms with Gasteiger partial charge < -0.3 is 14.2 Å². The van der Waals surface area contributed by atoms with Crippen molar-refractivity contribution in [1.29, 1.82) is 0 Å². The van der Waals surface area contributed by atoms with Crippen LogP contribution in [0.4, 0.5) is 5.69 Å². The highest BCUT2D eigenvalue weighted by atomic mass is 32.1. The number of rotatable bonds is 8. The van der Waals surface area contributed by atoms with Gasteiger partial charge in [0.1, 0.15) is 17.2 Å². The molecule has 1 saturated heterocycles. The lowest BCUT2D eigenvalue weighted by Crippen LogP contribution is -2.46. The van der Waals surface area contributed by atoms with Crippen LogP contribution in [0.15, 0.2) is 52.4 Å². The van der Waals surface area contributed by atoms with Crippen LogP contribution in [-0.2, 0) is 6.42 Å². The molecule has 1 aliphatic heterocycles. The summed E-state index contributed by atoms with van der Waals surface area (Å²) in [5.74, 6) is 1.97. The number of hydrogen-bond donors (Lipinski definition) is 0. The maximum atomic E-state index is 5.79. The van der Waals surface area contributed by atoms with E-state index in [0.29, 0.717) is 6.61 Å². The summed E-state index contributed by atoms with van der Waals surface area (Å²) in [6.07, 6.45) is 2.03. The Morgan fingerprint density at radius 1 is 1.11 bits per heavy atom. The van der Waals surface area contributed by atoms with Gasteiger partial charge in [-0.2, -0.15) is 0 Å². The van der Waals surface area contributed by atoms with Crippen molar-refractivity contribution in [3.8, 4) is 16.3 Å². The van der Waals surface area contributed by atoms with Gasteiger partial charge in [-0.15, -0.1) is 11.3 Å². The number of aryl methyl sites for hydroxylation is 1. The van der Waals surface area contributed by atoms with Gasteiger partial charge in [-0.25, -0.2) is 0 Å². The zero-order valence-electron chi connectivity index (χ0n) is 16.3. The van der Waals surface area contributed by atoms with Crippen molar-refractivity contribution in [1.82, 2.24) is 10.1 Å². The summed E-state index contributed by atoms with van der Waals surface area (Å²) in [6, 6.07) is 14.6. The number of benzene rings is 1. The first-order chi connectivity index (χ1) is 13.8. The fourth-order valence-corrected chi connectivity index (χ4v) is 4.33. The summed E-state index contributed by atoms with van der Waals surface area (Å²) in [7, 11) is 0. The van der Waals surface area contributed by atoms with Crippen LogP contribution in [0.25, 0.3) is 10.6 Å². The molecule has 5 nitrogen and oxygen atoms in total. The first-order valence-electron chi connectivity index (χ1n) is 10.0. The van der Waals surface area contributed by atoms with E-state index in [2.05, 4.69) is 50.7 Å². The van der Waals surface area contributed by atoms with Crippen molar-refractivity contribution >= 4 is 17.0 Å². The second-order valence-corrected chi connectivity index (χ2v) is 7.94. The number of anilines is 1. The van der Waals surface area contributed by atoms with E-state index < -0.39 is 0 Å². The third kappa shape index (κ3) is 4.56. The van der Waals surface area contributed by atoms with Gasteiger partial charge >= 0.3 is 0 Å². The molecule has 3 aromatic rings. The Bertz CT molecular complexity index is 854. The van der Waals surface area contributed by atoms with Gasteiger partial charge in [0, 0.05) is 38.7 Å². The molecule has 28 heavy (non-hydrogen) atoms. The zero-order valence-corrected chi connectivity index (χ0v) is 17.2. The maximum absolute atomic E-state index is 5.79. The molecule has 3 heterocycles. The topological polar surface area (TPSA) is 41.7 Å². The van der Waals surface area contributed by atoms with Crippen LogP contribution in [0.3, 0.4) is 0 Å². The summed E-state index contributed by atoms with van der Waals surface area (Å²) in [5.41, 5.74) is 2.17. The van der Waals surface area contributed by atoms with Gasteiger partial charge in [0.15, 0.2) is 0 Å². The van der Waals surface area contributed by atoms with Gasteiger partial charge in [0.25, 0.3) is 0 Å². The van der Waals surface area contributed by atoms with Crippen molar-refractivity contribution in [3.05, 3.63) is 53.6 Å². The van der Waals surface area contributed by atoms with Gasteiger partial charge in [0.2, 0.25) is 0 Å². The van der Waals surface area contributed by atoms with Crippen molar-refractivity contribution < 1.29 is 9.26 Å². The van der Waals surface area contributed by atoms with E-state index in [1.807, 2.05) is 19.1 Å². The molecule has 2 aromatic heterocycles. The highest BCUT2D eigenvalue weighted by Gasteiger charge is 2.19. The first kappa shape index (κ1) is 19.0. The summed E-state index contributed by atoms with van der Waals surface area (Å²) in [6.45, 7) is 8.06. The van der Waals surface area contributed by atoms with Crippen LogP contribution < -0.4 is 9.64 Å². The smallest absolute Gasteiger partial charge is 0.142 e. The van der Waals surface area contributed by atoms with E-state index >= 15 is 0 Å². The number of aromatic nitrogens is 1. The molecule has 0 aliphatic carbocycles. The van der Waals surface area contributed by atoms with Crippen LogP contribution in [0.5, 0.6) is 5.75 Å². The molecule has 1 aliphatic rings. The minimum absolute atomic E-state index is 0.701. The number of piperazine rings is 1. The Kier molecular flexibility index (Phi) is 6.29. The minimum Gasteiger partial charge on any atom is -0.492 e. The second-order valence-electron chi connectivity index (χ2n) is 6.99. The summed E-state index contributed by atoms with van der Waals surface area (Å²) < 4.78 is 11.3. The average Bonchev–Trinajstić information content (AvgIpc) is 3.41. The molecule has 6 heteroatoms. The molecule has 0 unspecified atom stereocenters. The monoisotopic (exact) mass is 397 g/mol. The van der Waals surface area contributed by atoms with Crippen LogP contribution >= 0.6 is 11.3 Å². The fourth-order valence-electron chi connectivity index (χ4n) is 3.66. The Hall–Kier alpha value is -2.31. The van der Waals surface area contributed by atoms with E-state index in [-0.39, 0.29) is 0 Å². The zero-order chi connectivity index (χ0) is 19.2. The lowest BCUT2D eigenvalue weighted by molar-refractivity contribution is 0.250. The Labute approximate surface area is 170 Å². The second kappa shape index (κ2) is 9.26. The molecular formula is C22H27N3O2S. The summed E-state index contributed by atoms with van der Waals surface area (Å²) in [5, 5.41) is 6.26. The largest absolute Gasteiger partial charge is 0.492 e. The molecule has 1 aromatic carbocycles. The van der Waals surface area contributed by atoms with Crippen LogP contribution in [-0.4, -0.2) is 49.4 Å². The van der Waals surface area contributed by atoms with Crippen molar-refractivity contribution in [2.45, 2.75) is 19.8 Å². The standard InChI is InChI=1S/C22H27N3O2S/c1-2-26-21-9-4-3-8-20(21)25-14-12-24(13-15-25)11-5-7-18-17-19(23-27-18)22-10-6-16-28-22/h3-4,6,8-10,16-17H,2,5,7,11-15H2,1H3. The van der Waals surface area contributed by atoms with Crippen LogP contribution in [0.2, 0.25) is 0 Å². The third-order valence-electron chi connectivity index (χ3n) is 5.11. The fraction of sp³-hybridized carbons (Fsp3) is 0.409. The van der Waals surface area contributed by atoms with E-state index in [1.165, 1.54) is 10.6 Å². The predicted molar refractivity (Wildman–Crippen MR) is 114 cm³/mol. The molecule has 0 spiro atoms. The van der Waals surface area contributed by atoms with E-state index in [4.69, 9.17) is 9.26 Å². The highest BCUT2D eigenvalue weighted by molar-refractivity contribution is 7.13. The number of thiophene rings is 1. The third-order valence-corrected chi connectivity index (χ3v) is 6.00. The first-order valence-corrected chi connectivity index (χ1v) is 10.9. The van der Waals surface area contributed by atoms with Gasteiger partial charge in [-0.3, -0.25) is 4.90 Å². The number of nitrogens with zero attached hydrogens (tertiary/aromatic N) is 3. The van der Waals surface area contributed by atoms with Crippen LogP contribution in [0.1, 0.15) is 19.1 Å². The number of para-hydroxylation sites is 2. The van der Waals surface area contributed by atoms with Crippen molar-refractivity contribution in [2.24, 2.45) is 0 Å². The highest BCUT2D eigenvalue weighted by Crippen LogP contribution is 2.29. The predicted octanol–water partition coefficient (Wildman–Crippen LogP) is 4.56. The Balaban J connectivity index is 1.23. The molecule has 148 valence electrons. The Morgan fingerprint density at radius 3 is 2.75 bits per heavy atom. The molecule has 0 bridgehead atoms. The lowest BCUT2D eigenvalue weighted by Gasteiger charge is -2.36.